The predicted octanol–water partition coefficient (Wildman–Crippen LogP) is 0.0323. The second-order valence-electron chi connectivity index (χ2n) is 5.60. The first-order valence-electron chi connectivity index (χ1n) is 6.16. The fourth-order valence-corrected chi connectivity index (χ4v) is 2.62. The monoisotopic (exact) mass is 242 g/mol. The molecule has 17 heavy (non-hydrogen) atoms. The van der Waals surface area contributed by atoms with Gasteiger partial charge in [-0.1, -0.05) is 0 Å². The van der Waals surface area contributed by atoms with Crippen molar-refractivity contribution in [1.82, 2.24) is 5.32 Å². The van der Waals surface area contributed by atoms with E-state index < -0.39 is 5.60 Å². The van der Waals surface area contributed by atoms with E-state index in [4.69, 9.17) is 15.2 Å². The van der Waals surface area contributed by atoms with Gasteiger partial charge in [0.2, 0.25) is 5.91 Å². The van der Waals surface area contributed by atoms with Crippen molar-refractivity contribution in [1.29, 1.82) is 0 Å². The Hall–Kier alpha value is -0.650. The molecule has 2 fully saturated rings. The third-order valence-corrected chi connectivity index (χ3v) is 3.91. The van der Waals surface area contributed by atoms with Gasteiger partial charge in [0.05, 0.1) is 24.2 Å². The van der Waals surface area contributed by atoms with Crippen LogP contribution in [0, 0.1) is 5.92 Å². The van der Waals surface area contributed by atoms with Gasteiger partial charge in [-0.15, -0.1) is 0 Å². The summed E-state index contributed by atoms with van der Waals surface area (Å²) in [5.74, 6) is 0.405. The third kappa shape index (κ3) is 2.46. The molecule has 2 aliphatic rings. The first-order valence-corrected chi connectivity index (χ1v) is 6.16. The van der Waals surface area contributed by atoms with Crippen LogP contribution in [-0.2, 0) is 14.3 Å². The fraction of sp³-hybridized carbons (Fsp3) is 0.917. The summed E-state index contributed by atoms with van der Waals surface area (Å²) in [4.78, 5) is 11.9. The van der Waals surface area contributed by atoms with Gasteiger partial charge in [0, 0.05) is 25.7 Å². The number of rotatable bonds is 4. The van der Waals surface area contributed by atoms with E-state index >= 15 is 0 Å². The van der Waals surface area contributed by atoms with E-state index in [1.54, 1.807) is 7.11 Å². The molecule has 0 radical (unpaired) electrons. The largest absolute Gasteiger partial charge is 0.378 e. The number of amides is 1. The lowest BCUT2D eigenvalue weighted by Crippen LogP contribution is -2.69. The molecule has 1 aliphatic heterocycles. The number of hydrogen-bond donors (Lipinski definition) is 2. The Labute approximate surface area is 102 Å². The number of carbonyl (C=O) groups is 1. The molecule has 1 aliphatic carbocycles. The van der Waals surface area contributed by atoms with Gasteiger partial charge in [-0.05, 0) is 20.3 Å². The highest BCUT2D eigenvalue weighted by atomic mass is 16.5. The summed E-state index contributed by atoms with van der Waals surface area (Å²) in [5, 5.41) is 2.96. The molecule has 1 amide bonds. The van der Waals surface area contributed by atoms with E-state index in [0.717, 1.165) is 13.0 Å². The zero-order valence-electron chi connectivity index (χ0n) is 10.7. The summed E-state index contributed by atoms with van der Waals surface area (Å²) in [7, 11) is 1.61. The maximum Gasteiger partial charge on any atom is 0.223 e. The fourth-order valence-electron chi connectivity index (χ4n) is 2.62. The van der Waals surface area contributed by atoms with Crippen molar-refractivity contribution in [3.63, 3.8) is 0 Å². The van der Waals surface area contributed by atoms with Crippen molar-refractivity contribution >= 4 is 5.91 Å². The molecular formula is C12H22N2O3. The topological polar surface area (TPSA) is 73.6 Å². The van der Waals surface area contributed by atoms with Crippen molar-refractivity contribution in [2.45, 2.75) is 50.5 Å². The van der Waals surface area contributed by atoms with Crippen molar-refractivity contribution < 1.29 is 14.3 Å². The molecular weight excluding hydrogens is 220 g/mol. The average molecular weight is 242 g/mol. The van der Waals surface area contributed by atoms with Crippen LogP contribution >= 0.6 is 0 Å². The first-order chi connectivity index (χ1) is 7.94. The molecule has 0 aromatic heterocycles. The van der Waals surface area contributed by atoms with Crippen LogP contribution in [0.5, 0.6) is 0 Å². The molecule has 0 spiro atoms. The van der Waals surface area contributed by atoms with Gasteiger partial charge in [0.15, 0.2) is 0 Å². The summed E-state index contributed by atoms with van der Waals surface area (Å²) in [5.41, 5.74) is 5.59. The average Bonchev–Trinajstić information content (AvgIpc) is 2.70. The number of nitrogens with two attached hydrogens (primary N) is 1. The molecule has 5 nitrogen and oxygen atoms in total. The highest BCUT2D eigenvalue weighted by Gasteiger charge is 2.52. The van der Waals surface area contributed by atoms with E-state index in [9.17, 15) is 4.79 Å². The van der Waals surface area contributed by atoms with Crippen molar-refractivity contribution in [2.24, 2.45) is 11.7 Å². The van der Waals surface area contributed by atoms with E-state index in [-0.39, 0.29) is 24.1 Å². The molecule has 3 N–H and O–H groups in total. The minimum atomic E-state index is -0.437. The van der Waals surface area contributed by atoms with Gasteiger partial charge >= 0.3 is 0 Å². The number of carbonyl (C=O) groups excluding carboxylic acids is 1. The summed E-state index contributed by atoms with van der Waals surface area (Å²) < 4.78 is 10.8. The van der Waals surface area contributed by atoms with Crippen LogP contribution in [0.25, 0.3) is 0 Å². The summed E-state index contributed by atoms with van der Waals surface area (Å²) >= 11 is 0. The van der Waals surface area contributed by atoms with E-state index in [1.165, 1.54) is 0 Å². The highest BCUT2D eigenvalue weighted by Crippen LogP contribution is 2.37. The van der Waals surface area contributed by atoms with Gasteiger partial charge in [-0.3, -0.25) is 4.79 Å². The second kappa shape index (κ2) is 4.55. The zero-order chi connectivity index (χ0) is 12.6. The van der Waals surface area contributed by atoms with E-state index in [2.05, 4.69) is 5.32 Å². The lowest BCUT2D eigenvalue weighted by atomic mass is 9.72. The standard InChI is InChI=1S/C12H22N2O3/c1-12(2,16-3)6-8(15)14-10-9(13)7-4-5-17-11(7)10/h7,9-11H,4-6,13H2,1-3H3,(H,14,15). The second-order valence-corrected chi connectivity index (χ2v) is 5.60. The van der Waals surface area contributed by atoms with Crippen LogP contribution in [0.2, 0.25) is 0 Å². The molecule has 5 heteroatoms. The SMILES string of the molecule is COC(C)(C)CC(=O)NC1C(N)C2CCOC21. The highest BCUT2D eigenvalue weighted by molar-refractivity contribution is 5.77. The molecule has 1 saturated heterocycles. The predicted molar refractivity (Wildman–Crippen MR) is 63.5 cm³/mol. The smallest absolute Gasteiger partial charge is 0.223 e. The van der Waals surface area contributed by atoms with Crippen LogP contribution < -0.4 is 11.1 Å². The van der Waals surface area contributed by atoms with Crippen LogP contribution in [0.1, 0.15) is 26.7 Å². The molecule has 0 aromatic rings. The minimum absolute atomic E-state index is 0.0220. The molecule has 4 unspecified atom stereocenters. The molecule has 0 bridgehead atoms. The number of ether oxygens (including phenoxy) is 2. The van der Waals surface area contributed by atoms with Gasteiger partial charge in [-0.25, -0.2) is 0 Å². The summed E-state index contributed by atoms with van der Waals surface area (Å²) in [6.45, 7) is 4.54. The lowest BCUT2D eigenvalue weighted by molar-refractivity contribution is -0.130. The lowest BCUT2D eigenvalue weighted by Gasteiger charge is -2.45. The Kier molecular flexibility index (Phi) is 3.43. The Morgan fingerprint density at radius 1 is 1.59 bits per heavy atom. The zero-order valence-corrected chi connectivity index (χ0v) is 10.7. The van der Waals surface area contributed by atoms with E-state index in [1.807, 2.05) is 13.8 Å². The summed E-state index contributed by atoms with van der Waals surface area (Å²) in [6, 6.07) is 0.0137. The molecule has 2 rings (SSSR count). The number of methoxy groups -OCH3 is 1. The van der Waals surface area contributed by atoms with Crippen LogP contribution in [-0.4, -0.2) is 43.4 Å². The van der Waals surface area contributed by atoms with Crippen molar-refractivity contribution in [3.05, 3.63) is 0 Å². The van der Waals surface area contributed by atoms with Crippen LogP contribution in [0.15, 0.2) is 0 Å². The molecule has 0 aromatic carbocycles. The molecule has 4 atom stereocenters. The Morgan fingerprint density at radius 2 is 2.29 bits per heavy atom. The Bertz CT molecular complexity index is 306. The van der Waals surface area contributed by atoms with Crippen LogP contribution in [0.4, 0.5) is 0 Å². The van der Waals surface area contributed by atoms with E-state index in [0.29, 0.717) is 12.3 Å². The van der Waals surface area contributed by atoms with Crippen LogP contribution in [0.3, 0.4) is 0 Å². The third-order valence-electron chi connectivity index (χ3n) is 3.91. The van der Waals surface area contributed by atoms with Crippen molar-refractivity contribution in [2.75, 3.05) is 13.7 Å². The van der Waals surface area contributed by atoms with Gasteiger partial charge < -0.3 is 20.5 Å². The number of fused-ring (bicyclic) bond motifs is 1. The molecule has 98 valence electrons. The van der Waals surface area contributed by atoms with Gasteiger partial charge in [0.25, 0.3) is 0 Å². The van der Waals surface area contributed by atoms with Crippen molar-refractivity contribution in [3.8, 4) is 0 Å². The number of nitrogens with one attached hydrogen (secondary N) is 1. The molecule has 1 saturated carbocycles. The minimum Gasteiger partial charge on any atom is -0.378 e. The summed E-state index contributed by atoms with van der Waals surface area (Å²) in [6.07, 6.45) is 1.48. The Morgan fingerprint density at radius 3 is 2.94 bits per heavy atom. The molecule has 1 heterocycles. The first kappa shape index (κ1) is 12.8. The maximum atomic E-state index is 11.9. The Balaban J connectivity index is 1.83. The van der Waals surface area contributed by atoms with Gasteiger partial charge in [-0.2, -0.15) is 0 Å². The normalized spacial score (nSPS) is 36.2. The number of hydrogen-bond acceptors (Lipinski definition) is 4. The maximum absolute atomic E-state index is 11.9. The van der Waals surface area contributed by atoms with Gasteiger partial charge in [0.1, 0.15) is 0 Å². The quantitative estimate of drug-likeness (QED) is 0.729.